The highest BCUT2D eigenvalue weighted by atomic mass is 15.3. The minimum atomic E-state index is 0.393. The molecule has 2 rings (SSSR count). The molecule has 7 nitrogen and oxygen atoms in total. The Morgan fingerprint density at radius 1 is 1.39 bits per heavy atom. The monoisotopic (exact) mass is 249 g/mol. The highest BCUT2D eigenvalue weighted by Gasteiger charge is 2.12. The van der Waals surface area contributed by atoms with Crippen molar-refractivity contribution in [1.82, 2.24) is 20.2 Å². The Bertz CT molecular complexity index is 507. The number of nitrogens with zero attached hydrogens (tertiary/aromatic N) is 4. The highest BCUT2D eigenvalue weighted by Crippen LogP contribution is 2.22. The smallest absolute Gasteiger partial charge is 0.241 e. The number of nitrogen functional groups attached to an aromatic ring is 1. The van der Waals surface area contributed by atoms with Gasteiger partial charge in [-0.3, -0.25) is 10.5 Å². The molecule has 0 radical (unpaired) electrons. The first kappa shape index (κ1) is 12.6. The van der Waals surface area contributed by atoms with E-state index in [1.54, 1.807) is 6.20 Å². The summed E-state index contributed by atoms with van der Waals surface area (Å²) >= 11 is 0. The van der Waals surface area contributed by atoms with Gasteiger partial charge in [-0.2, -0.15) is 15.1 Å². The molecule has 2 aromatic heterocycles. The van der Waals surface area contributed by atoms with E-state index in [1.807, 2.05) is 7.05 Å². The van der Waals surface area contributed by atoms with Crippen molar-refractivity contribution in [2.75, 3.05) is 23.9 Å². The van der Waals surface area contributed by atoms with E-state index < -0.39 is 0 Å². The van der Waals surface area contributed by atoms with Gasteiger partial charge in [0.1, 0.15) is 5.82 Å². The number of anilines is 2. The number of H-pyrrole nitrogens is 1. The summed E-state index contributed by atoms with van der Waals surface area (Å²) in [5.74, 6) is 6.61. The normalized spacial score (nSPS) is 10.8. The number of nitrogens with one attached hydrogen (secondary N) is 2. The lowest BCUT2D eigenvalue weighted by atomic mass is 10.2. The minimum Gasteiger partial charge on any atom is -0.359 e. The maximum absolute atomic E-state index is 5.37. The average Bonchev–Trinajstić information content (AvgIpc) is 2.85. The molecule has 0 aliphatic rings. The van der Waals surface area contributed by atoms with Gasteiger partial charge in [0.25, 0.3) is 0 Å². The van der Waals surface area contributed by atoms with Crippen LogP contribution in [-0.2, 0) is 0 Å². The van der Waals surface area contributed by atoms with E-state index in [0.717, 1.165) is 24.2 Å². The van der Waals surface area contributed by atoms with E-state index in [1.165, 1.54) is 12.8 Å². The lowest BCUT2D eigenvalue weighted by molar-refractivity contribution is 0.702. The summed E-state index contributed by atoms with van der Waals surface area (Å²) in [7, 11) is 2.02. The Kier molecular flexibility index (Phi) is 3.93. The maximum atomic E-state index is 5.37. The van der Waals surface area contributed by atoms with Crippen LogP contribution in [0.15, 0.2) is 6.20 Å². The molecule has 0 aromatic carbocycles. The molecule has 0 bridgehead atoms. The molecule has 4 N–H and O–H groups in total. The van der Waals surface area contributed by atoms with Crippen LogP contribution >= 0.6 is 0 Å². The van der Waals surface area contributed by atoms with Crippen LogP contribution in [0.1, 0.15) is 26.2 Å². The third-order valence-electron chi connectivity index (χ3n) is 2.88. The van der Waals surface area contributed by atoms with E-state index in [9.17, 15) is 0 Å². The van der Waals surface area contributed by atoms with E-state index in [4.69, 9.17) is 5.84 Å². The summed E-state index contributed by atoms with van der Waals surface area (Å²) in [5, 5.41) is 7.74. The zero-order valence-corrected chi connectivity index (χ0v) is 10.8. The van der Waals surface area contributed by atoms with Crippen molar-refractivity contribution in [3.05, 3.63) is 6.20 Å². The first-order valence-electron chi connectivity index (χ1n) is 6.15. The zero-order chi connectivity index (χ0) is 13.0. The van der Waals surface area contributed by atoms with Crippen LogP contribution in [0.5, 0.6) is 0 Å². The van der Waals surface area contributed by atoms with Gasteiger partial charge in [0.05, 0.1) is 11.6 Å². The van der Waals surface area contributed by atoms with Gasteiger partial charge in [-0.1, -0.05) is 19.8 Å². The molecule has 0 amide bonds. The van der Waals surface area contributed by atoms with Crippen molar-refractivity contribution in [3.63, 3.8) is 0 Å². The summed E-state index contributed by atoms with van der Waals surface area (Å²) in [6.45, 7) is 3.14. The Balaban J connectivity index is 2.27. The van der Waals surface area contributed by atoms with E-state index in [0.29, 0.717) is 11.6 Å². The lowest BCUT2D eigenvalue weighted by Crippen LogP contribution is -2.21. The van der Waals surface area contributed by atoms with Crippen LogP contribution in [-0.4, -0.2) is 33.8 Å². The van der Waals surface area contributed by atoms with Gasteiger partial charge >= 0.3 is 0 Å². The second-order valence-corrected chi connectivity index (χ2v) is 4.28. The summed E-state index contributed by atoms with van der Waals surface area (Å²) in [5.41, 5.74) is 3.16. The van der Waals surface area contributed by atoms with Gasteiger partial charge < -0.3 is 4.90 Å². The van der Waals surface area contributed by atoms with Crippen LogP contribution in [0.25, 0.3) is 11.0 Å². The molecule has 7 heteroatoms. The second kappa shape index (κ2) is 5.63. The van der Waals surface area contributed by atoms with Crippen LogP contribution < -0.4 is 16.2 Å². The molecule has 0 spiro atoms. The van der Waals surface area contributed by atoms with Crippen molar-refractivity contribution < 1.29 is 0 Å². The second-order valence-electron chi connectivity index (χ2n) is 4.28. The van der Waals surface area contributed by atoms with Crippen LogP contribution in [0.4, 0.5) is 11.8 Å². The molecular formula is C11H19N7. The lowest BCUT2D eigenvalue weighted by Gasteiger charge is -2.19. The average molecular weight is 249 g/mol. The number of fused-ring (bicyclic) bond motifs is 1. The van der Waals surface area contributed by atoms with E-state index in [-0.39, 0.29) is 0 Å². The topological polar surface area (TPSA) is 95.8 Å². The fourth-order valence-corrected chi connectivity index (χ4v) is 1.88. The van der Waals surface area contributed by atoms with Gasteiger partial charge in [0.2, 0.25) is 5.95 Å². The van der Waals surface area contributed by atoms with Gasteiger partial charge in [-0.25, -0.2) is 5.84 Å². The van der Waals surface area contributed by atoms with E-state index >= 15 is 0 Å². The molecule has 0 aliphatic carbocycles. The summed E-state index contributed by atoms with van der Waals surface area (Å²) < 4.78 is 0. The summed E-state index contributed by atoms with van der Waals surface area (Å²) in [6.07, 6.45) is 5.29. The van der Waals surface area contributed by atoms with Crippen LogP contribution in [0.3, 0.4) is 0 Å². The number of hydrazine groups is 1. The fourth-order valence-electron chi connectivity index (χ4n) is 1.88. The van der Waals surface area contributed by atoms with Gasteiger partial charge in [0, 0.05) is 13.6 Å². The Labute approximate surface area is 106 Å². The largest absolute Gasteiger partial charge is 0.359 e. The number of hydrogen-bond donors (Lipinski definition) is 3. The van der Waals surface area contributed by atoms with Crippen molar-refractivity contribution in [3.8, 4) is 0 Å². The van der Waals surface area contributed by atoms with Crippen molar-refractivity contribution in [1.29, 1.82) is 0 Å². The van der Waals surface area contributed by atoms with E-state index in [2.05, 4.69) is 37.4 Å². The molecule has 0 fully saturated rings. The quantitative estimate of drug-likeness (QED) is 0.405. The van der Waals surface area contributed by atoms with Gasteiger partial charge in [0.15, 0.2) is 5.65 Å². The molecule has 2 aromatic rings. The molecular weight excluding hydrogens is 230 g/mol. The molecule has 18 heavy (non-hydrogen) atoms. The SMILES string of the molecule is CCCCCN(C)c1nc(NN)nc2[nH]ncc12. The minimum absolute atomic E-state index is 0.393. The predicted octanol–water partition coefficient (Wildman–Crippen LogP) is 1.26. The first-order chi connectivity index (χ1) is 8.76. The molecule has 0 saturated heterocycles. The van der Waals surface area contributed by atoms with Crippen molar-refractivity contribution >= 4 is 22.8 Å². The molecule has 0 aliphatic heterocycles. The molecule has 0 atom stereocenters. The molecule has 0 unspecified atom stereocenters. The zero-order valence-electron chi connectivity index (χ0n) is 10.8. The number of unbranched alkanes of at least 4 members (excludes halogenated alkanes) is 2. The van der Waals surface area contributed by atoms with Crippen LogP contribution in [0.2, 0.25) is 0 Å². The Morgan fingerprint density at radius 3 is 2.94 bits per heavy atom. The van der Waals surface area contributed by atoms with Crippen molar-refractivity contribution in [2.24, 2.45) is 5.84 Å². The van der Waals surface area contributed by atoms with Gasteiger partial charge in [-0.05, 0) is 6.42 Å². The fraction of sp³-hybridized carbons (Fsp3) is 0.545. The highest BCUT2D eigenvalue weighted by molar-refractivity contribution is 5.87. The molecule has 0 saturated carbocycles. The third-order valence-corrected chi connectivity index (χ3v) is 2.88. The maximum Gasteiger partial charge on any atom is 0.241 e. The third kappa shape index (κ3) is 2.51. The number of nitrogens with two attached hydrogens (primary N) is 1. The Morgan fingerprint density at radius 2 is 2.22 bits per heavy atom. The number of hydrogen-bond acceptors (Lipinski definition) is 6. The Hall–Kier alpha value is -1.89. The standard InChI is InChI=1S/C11H19N7/c1-3-4-5-6-18(2)10-8-7-13-17-9(8)14-11(15-10)16-12/h7H,3-6,12H2,1-2H3,(H2,13,14,15,16,17). The number of aromatic nitrogens is 4. The first-order valence-corrected chi connectivity index (χ1v) is 6.15. The van der Waals surface area contributed by atoms with Crippen LogP contribution in [0, 0.1) is 0 Å². The predicted molar refractivity (Wildman–Crippen MR) is 72.3 cm³/mol. The van der Waals surface area contributed by atoms with Crippen molar-refractivity contribution in [2.45, 2.75) is 26.2 Å². The molecule has 98 valence electrons. The molecule has 2 heterocycles. The summed E-state index contributed by atoms with van der Waals surface area (Å²) in [4.78, 5) is 10.7. The number of aromatic amines is 1. The summed E-state index contributed by atoms with van der Waals surface area (Å²) in [6, 6.07) is 0. The number of rotatable bonds is 6. The van der Waals surface area contributed by atoms with Gasteiger partial charge in [-0.15, -0.1) is 0 Å².